The first-order valence-corrected chi connectivity index (χ1v) is 6.87. The van der Waals surface area contributed by atoms with Crippen molar-refractivity contribution in [3.63, 3.8) is 0 Å². The fourth-order valence-corrected chi connectivity index (χ4v) is 2.39. The molecule has 1 aliphatic carbocycles. The number of aromatic nitrogens is 3. The topological polar surface area (TPSA) is 59.8 Å². The maximum atomic E-state index is 12.3. The van der Waals surface area contributed by atoms with Gasteiger partial charge in [-0.05, 0) is 37.8 Å². The molecule has 0 aromatic carbocycles. The molecule has 1 unspecified atom stereocenters. The summed E-state index contributed by atoms with van der Waals surface area (Å²) in [5.74, 6) is 0.787. The number of carbonyl (C=O) groups is 1. The van der Waals surface area contributed by atoms with Gasteiger partial charge in [0.15, 0.2) is 5.82 Å². The predicted molar refractivity (Wildman–Crippen MR) is 75.1 cm³/mol. The second-order valence-corrected chi connectivity index (χ2v) is 5.35. The minimum absolute atomic E-state index is 0.0147. The number of amides is 1. The van der Waals surface area contributed by atoms with Crippen LogP contribution in [0.25, 0.3) is 0 Å². The third-order valence-electron chi connectivity index (χ3n) is 3.63. The van der Waals surface area contributed by atoms with E-state index in [-0.39, 0.29) is 11.9 Å². The molecule has 1 amide bonds. The van der Waals surface area contributed by atoms with E-state index in [2.05, 4.69) is 15.3 Å². The van der Waals surface area contributed by atoms with E-state index < -0.39 is 0 Å². The molecule has 104 valence electrons. The van der Waals surface area contributed by atoms with Gasteiger partial charge in [0.05, 0.1) is 11.7 Å². The lowest BCUT2D eigenvalue weighted by atomic mass is 10.1. The fraction of sp³-hybridized carbons (Fsp3) is 0.400. The highest BCUT2D eigenvalue weighted by Crippen LogP contribution is 2.40. The molecule has 0 saturated heterocycles. The Balaban J connectivity index is 1.82. The van der Waals surface area contributed by atoms with E-state index in [9.17, 15) is 4.79 Å². The minimum Gasteiger partial charge on any atom is -0.341 e. The highest BCUT2D eigenvalue weighted by molar-refractivity contribution is 5.91. The van der Waals surface area contributed by atoms with Crippen molar-refractivity contribution in [2.45, 2.75) is 25.8 Å². The van der Waals surface area contributed by atoms with Crippen molar-refractivity contribution in [3.05, 3.63) is 47.8 Å². The van der Waals surface area contributed by atoms with Gasteiger partial charge in [-0.3, -0.25) is 9.78 Å². The van der Waals surface area contributed by atoms with Crippen LogP contribution in [0, 0.1) is 12.8 Å². The van der Waals surface area contributed by atoms with Crippen molar-refractivity contribution in [1.82, 2.24) is 19.9 Å². The Hall–Kier alpha value is -2.17. The molecule has 1 saturated carbocycles. The lowest BCUT2D eigenvalue weighted by molar-refractivity contribution is 0.0917. The molecule has 0 bridgehead atoms. The number of imidazole rings is 1. The van der Waals surface area contributed by atoms with Crippen LogP contribution in [-0.2, 0) is 7.05 Å². The largest absolute Gasteiger partial charge is 0.341 e. The number of hydrogen-bond donors (Lipinski definition) is 1. The zero-order chi connectivity index (χ0) is 14.1. The molecule has 5 nitrogen and oxygen atoms in total. The number of nitrogens with one attached hydrogen (secondary N) is 1. The normalized spacial score (nSPS) is 15.9. The Morgan fingerprint density at radius 2 is 2.25 bits per heavy atom. The van der Waals surface area contributed by atoms with Gasteiger partial charge in [0, 0.05) is 25.1 Å². The molecule has 0 spiro atoms. The van der Waals surface area contributed by atoms with E-state index in [4.69, 9.17) is 0 Å². The molecule has 0 radical (unpaired) electrons. The van der Waals surface area contributed by atoms with E-state index in [1.54, 1.807) is 17.0 Å². The quantitative estimate of drug-likeness (QED) is 0.924. The Kier molecular flexibility index (Phi) is 3.26. The second-order valence-electron chi connectivity index (χ2n) is 5.35. The Morgan fingerprint density at radius 3 is 2.85 bits per heavy atom. The summed E-state index contributed by atoms with van der Waals surface area (Å²) in [7, 11) is 1.82. The van der Waals surface area contributed by atoms with Gasteiger partial charge in [0.2, 0.25) is 0 Å². The maximum Gasteiger partial charge on any atom is 0.287 e. The molecule has 0 aliphatic heterocycles. The Labute approximate surface area is 118 Å². The number of hydrogen-bond acceptors (Lipinski definition) is 3. The SMILES string of the molecule is Cc1cccc(C(NC(=O)c2nccn2C)C2CC2)n1. The molecule has 2 aromatic rings. The standard InChI is InChI=1S/C15H18N4O/c1-10-4-3-5-12(17-10)13(11-6-7-11)18-15(20)14-16-8-9-19(14)2/h3-5,8-9,11,13H,6-7H2,1-2H3,(H,18,20). The highest BCUT2D eigenvalue weighted by atomic mass is 16.2. The van der Waals surface area contributed by atoms with Gasteiger partial charge in [0.25, 0.3) is 5.91 Å². The first-order valence-electron chi connectivity index (χ1n) is 6.87. The highest BCUT2D eigenvalue weighted by Gasteiger charge is 2.35. The van der Waals surface area contributed by atoms with Crippen molar-refractivity contribution < 1.29 is 4.79 Å². The van der Waals surface area contributed by atoms with Crippen LogP contribution >= 0.6 is 0 Å². The summed E-state index contributed by atoms with van der Waals surface area (Å²) in [6.45, 7) is 1.97. The summed E-state index contributed by atoms with van der Waals surface area (Å²) in [4.78, 5) is 20.9. The van der Waals surface area contributed by atoms with Gasteiger partial charge < -0.3 is 9.88 Å². The summed E-state index contributed by atoms with van der Waals surface area (Å²) < 4.78 is 1.73. The van der Waals surface area contributed by atoms with Crippen LogP contribution in [-0.4, -0.2) is 20.4 Å². The average Bonchev–Trinajstić information content (AvgIpc) is 3.17. The van der Waals surface area contributed by atoms with Crippen LogP contribution in [0.3, 0.4) is 0 Å². The van der Waals surface area contributed by atoms with Gasteiger partial charge in [-0.15, -0.1) is 0 Å². The van der Waals surface area contributed by atoms with Gasteiger partial charge in [-0.25, -0.2) is 4.98 Å². The van der Waals surface area contributed by atoms with Crippen LogP contribution in [0.1, 0.15) is 40.9 Å². The fourth-order valence-electron chi connectivity index (χ4n) is 2.39. The number of rotatable bonds is 4. The molecule has 5 heteroatoms. The summed E-state index contributed by atoms with van der Waals surface area (Å²) in [5.41, 5.74) is 1.91. The monoisotopic (exact) mass is 270 g/mol. The third kappa shape index (κ3) is 2.57. The average molecular weight is 270 g/mol. The van der Waals surface area contributed by atoms with E-state index >= 15 is 0 Å². The summed E-state index contributed by atoms with van der Waals surface area (Å²) in [5, 5.41) is 3.08. The van der Waals surface area contributed by atoms with Gasteiger partial charge in [-0.2, -0.15) is 0 Å². The Bertz CT molecular complexity index is 630. The first-order chi connectivity index (χ1) is 9.65. The van der Waals surface area contributed by atoms with Gasteiger partial charge >= 0.3 is 0 Å². The van der Waals surface area contributed by atoms with Crippen molar-refractivity contribution in [3.8, 4) is 0 Å². The summed E-state index contributed by atoms with van der Waals surface area (Å²) in [6, 6.07) is 5.92. The summed E-state index contributed by atoms with van der Waals surface area (Å²) in [6.07, 6.45) is 5.68. The van der Waals surface area contributed by atoms with Crippen molar-refractivity contribution in [2.24, 2.45) is 13.0 Å². The third-order valence-corrected chi connectivity index (χ3v) is 3.63. The van der Waals surface area contributed by atoms with Crippen LogP contribution in [0.5, 0.6) is 0 Å². The number of pyridine rings is 1. The first kappa shape index (κ1) is 12.8. The molecule has 1 N–H and O–H groups in total. The molecule has 3 rings (SSSR count). The van der Waals surface area contributed by atoms with Crippen LogP contribution in [0.2, 0.25) is 0 Å². The minimum atomic E-state index is -0.141. The van der Waals surface area contributed by atoms with Crippen molar-refractivity contribution in [1.29, 1.82) is 0 Å². The van der Waals surface area contributed by atoms with Crippen LogP contribution < -0.4 is 5.32 Å². The zero-order valence-corrected chi connectivity index (χ0v) is 11.7. The molecule has 1 fully saturated rings. The number of carbonyl (C=O) groups excluding carboxylic acids is 1. The van der Waals surface area contributed by atoms with Gasteiger partial charge in [0.1, 0.15) is 0 Å². The molecular weight excluding hydrogens is 252 g/mol. The number of nitrogens with zero attached hydrogens (tertiary/aromatic N) is 3. The Morgan fingerprint density at radius 1 is 1.45 bits per heavy atom. The molecule has 20 heavy (non-hydrogen) atoms. The van der Waals surface area contributed by atoms with E-state index in [1.165, 1.54) is 0 Å². The molecule has 2 aromatic heterocycles. The molecule has 2 heterocycles. The van der Waals surface area contributed by atoms with Crippen molar-refractivity contribution >= 4 is 5.91 Å². The van der Waals surface area contributed by atoms with E-state index in [0.29, 0.717) is 11.7 Å². The second kappa shape index (κ2) is 5.07. The zero-order valence-electron chi connectivity index (χ0n) is 11.7. The predicted octanol–water partition coefficient (Wildman–Crippen LogP) is 2.00. The smallest absolute Gasteiger partial charge is 0.287 e. The van der Waals surface area contributed by atoms with Crippen LogP contribution in [0.4, 0.5) is 0 Å². The maximum absolute atomic E-state index is 12.3. The van der Waals surface area contributed by atoms with Crippen LogP contribution in [0.15, 0.2) is 30.6 Å². The summed E-state index contributed by atoms with van der Waals surface area (Å²) >= 11 is 0. The van der Waals surface area contributed by atoms with Crippen molar-refractivity contribution in [2.75, 3.05) is 0 Å². The van der Waals surface area contributed by atoms with E-state index in [0.717, 1.165) is 24.2 Å². The lowest BCUT2D eigenvalue weighted by Crippen LogP contribution is -2.32. The van der Waals surface area contributed by atoms with E-state index in [1.807, 2.05) is 32.2 Å². The lowest BCUT2D eigenvalue weighted by Gasteiger charge is -2.18. The molecular formula is C15H18N4O. The number of aryl methyl sites for hydroxylation is 2. The molecule has 1 aliphatic rings. The molecule has 1 atom stereocenters. The van der Waals surface area contributed by atoms with Gasteiger partial charge in [-0.1, -0.05) is 6.07 Å².